The Morgan fingerprint density at radius 1 is 1.09 bits per heavy atom. The van der Waals surface area contributed by atoms with Crippen molar-refractivity contribution in [3.63, 3.8) is 0 Å². The lowest BCUT2D eigenvalue weighted by molar-refractivity contribution is -0.118. The maximum atomic E-state index is 12.6. The molecule has 4 heteroatoms. The van der Waals surface area contributed by atoms with Crippen molar-refractivity contribution in [3.05, 3.63) is 53.6 Å². The number of hydrogen-bond acceptors (Lipinski definition) is 3. The molecule has 0 saturated carbocycles. The molecule has 23 heavy (non-hydrogen) atoms. The van der Waals surface area contributed by atoms with Crippen molar-refractivity contribution in [2.75, 3.05) is 18.2 Å². The molecule has 0 bridgehead atoms. The number of para-hydroxylation sites is 1. The Balaban J connectivity index is 1.45. The van der Waals surface area contributed by atoms with E-state index >= 15 is 0 Å². The molecule has 2 aromatic carbocycles. The standard InChI is InChI=1S/C19H19NO3/c21-19(20-11-3-5-15-4-1-2-6-16(15)20)10-8-14-7-9-17-18(12-14)23-13-22-17/h1-2,4,6-7,9,12H,3,5,8,10-11,13H2. The summed E-state index contributed by atoms with van der Waals surface area (Å²) in [5, 5.41) is 0. The molecule has 2 heterocycles. The van der Waals surface area contributed by atoms with Crippen LogP contribution in [0.25, 0.3) is 0 Å². The quantitative estimate of drug-likeness (QED) is 0.873. The number of rotatable bonds is 3. The average Bonchev–Trinajstić information content (AvgIpc) is 3.07. The predicted octanol–water partition coefficient (Wildman–Crippen LogP) is 3.33. The van der Waals surface area contributed by atoms with Crippen molar-refractivity contribution >= 4 is 11.6 Å². The van der Waals surface area contributed by atoms with Gasteiger partial charge in [0.2, 0.25) is 12.7 Å². The molecule has 0 unspecified atom stereocenters. The van der Waals surface area contributed by atoms with E-state index in [0.717, 1.165) is 42.1 Å². The molecule has 4 rings (SSSR count). The molecule has 1 amide bonds. The highest BCUT2D eigenvalue weighted by Crippen LogP contribution is 2.33. The monoisotopic (exact) mass is 309 g/mol. The zero-order valence-corrected chi connectivity index (χ0v) is 13.0. The Bertz CT molecular complexity index is 741. The van der Waals surface area contributed by atoms with Crippen LogP contribution in [-0.4, -0.2) is 19.2 Å². The van der Waals surface area contributed by atoms with Crippen molar-refractivity contribution in [1.82, 2.24) is 0 Å². The molecule has 0 spiro atoms. The van der Waals surface area contributed by atoms with Gasteiger partial charge in [-0.05, 0) is 48.6 Å². The SMILES string of the molecule is O=C(CCc1ccc2c(c1)OCO2)N1CCCc2ccccc21. The number of amides is 1. The number of hydrogen-bond donors (Lipinski definition) is 0. The molecule has 2 aromatic rings. The maximum Gasteiger partial charge on any atom is 0.231 e. The third-order valence-corrected chi connectivity index (χ3v) is 4.48. The molecule has 0 aromatic heterocycles. The minimum Gasteiger partial charge on any atom is -0.454 e. The smallest absolute Gasteiger partial charge is 0.231 e. The van der Waals surface area contributed by atoms with Crippen molar-refractivity contribution in [2.24, 2.45) is 0 Å². The first-order chi connectivity index (χ1) is 11.3. The summed E-state index contributed by atoms with van der Waals surface area (Å²) in [6.45, 7) is 1.10. The van der Waals surface area contributed by atoms with E-state index < -0.39 is 0 Å². The van der Waals surface area contributed by atoms with Gasteiger partial charge in [0.25, 0.3) is 0 Å². The van der Waals surface area contributed by atoms with Gasteiger partial charge >= 0.3 is 0 Å². The summed E-state index contributed by atoms with van der Waals surface area (Å²) in [4.78, 5) is 14.6. The minimum absolute atomic E-state index is 0.190. The Morgan fingerprint density at radius 2 is 1.96 bits per heavy atom. The fraction of sp³-hybridized carbons (Fsp3) is 0.316. The first-order valence-electron chi connectivity index (χ1n) is 8.08. The Morgan fingerprint density at radius 3 is 2.91 bits per heavy atom. The molecular formula is C19H19NO3. The van der Waals surface area contributed by atoms with Crippen LogP contribution in [0.3, 0.4) is 0 Å². The largest absolute Gasteiger partial charge is 0.454 e. The van der Waals surface area contributed by atoms with Crippen molar-refractivity contribution in [1.29, 1.82) is 0 Å². The summed E-state index contributed by atoms with van der Waals surface area (Å²) in [6.07, 6.45) is 3.32. The first-order valence-corrected chi connectivity index (χ1v) is 8.08. The van der Waals surface area contributed by atoms with Crippen LogP contribution in [0.15, 0.2) is 42.5 Å². The van der Waals surface area contributed by atoms with Crippen LogP contribution in [0.5, 0.6) is 11.5 Å². The van der Waals surface area contributed by atoms with E-state index in [9.17, 15) is 4.79 Å². The van der Waals surface area contributed by atoms with Crippen LogP contribution in [-0.2, 0) is 17.6 Å². The topological polar surface area (TPSA) is 38.8 Å². The second kappa shape index (κ2) is 5.95. The third kappa shape index (κ3) is 2.77. The van der Waals surface area contributed by atoms with Gasteiger partial charge in [0, 0.05) is 18.7 Å². The highest BCUT2D eigenvalue weighted by Gasteiger charge is 2.22. The molecule has 0 N–H and O–H groups in total. The Hall–Kier alpha value is -2.49. The highest BCUT2D eigenvalue weighted by atomic mass is 16.7. The lowest BCUT2D eigenvalue weighted by Crippen LogP contribution is -2.35. The van der Waals surface area contributed by atoms with E-state index in [1.54, 1.807) is 0 Å². The summed E-state index contributed by atoms with van der Waals surface area (Å²) in [6, 6.07) is 14.1. The molecule has 118 valence electrons. The number of nitrogens with zero attached hydrogens (tertiary/aromatic N) is 1. The lowest BCUT2D eigenvalue weighted by atomic mass is 10.0. The molecule has 2 aliphatic heterocycles. The summed E-state index contributed by atoms with van der Waals surface area (Å²) in [5.41, 5.74) is 3.46. The molecular weight excluding hydrogens is 290 g/mol. The van der Waals surface area contributed by atoms with Crippen LogP contribution in [0.2, 0.25) is 0 Å². The molecule has 0 fully saturated rings. The number of carbonyl (C=O) groups excluding carboxylic acids is 1. The van der Waals surface area contributed by atoms with Crippen LogP contribution < -0.4 is 14.4 Å². The first kappa shape index (κ1) is 14.1. The van der Waals surface area contributed by atoms with Gasteiger partial charge < -0.3 is 14.4 Å². The van der Waals surface area contributed by atoms with Gasteiger partial charge in [0.05, 0.1) is 0 Å². The van der Waals surface area contributed by atoms with E-state index in [1.807, 2.05) is 41.3 Å². The Kier molecular flexibility index (Phi) is 3.66. The second-order valence-electron chi connectivity index (χ2n) is 5.97. The fourth-order valence-corrected chi connectivity index (χ4v) is 3.28. The van der Waals surface area contributed by atoms with E-state index in [0.29, 0.717) is 12.8 Å². The van der Waals surface area contributed by atoms with E-state index in [2.05, 4.69) is 6.07 Å². The van der Waals surface area contributed by atoms with Gasteiger partial charge in [-0.15, -0.1) is 0 Å². The molecule has 4 nitrogen and oxygen atoms in total. The zero-order valence-electron chi connectivity index (χ0n) is 13.0. The number of fused-ring (bicyclic) bond motifs is 2. The Labute approximate surface area is 135 Å². The molecule has 0 radical (unpaired) electrons. The summed E-state index contributed by atoms with van der Waals surface area (Å²) >= 11 is 0. The average molecular weight is 309 g/mol. The molecule has 0 atom stereocenters. The fourth-order valence-electron chi connectivity index (χ4n) is 3.28. The second-order valence-corrected chi connectivity index (χ2v) is 5.97. The van der Waals surface area contributed by atoms with Gasteiger partial charge in [-0.2, -0.15) is 0 Å². The number of carbonyl (C=O) groups is 1. The van der Waals surface area contributed by atoms with E-state index in [-0.39, 0.29) is 12.7 Å². The van der Waals surface area contributed by atoms with E-state index in [4.69, 9.17) is 9.47 Å². The summed E-state index contributed by atoms with van der Waals surface area (Å²) < 4.78 is 10.7. The number of anilines is 1. The van der Waals surface area contributed by atoms with Crippen molar-refractivity contribution < 1.29 is 14.3 Å². The van der Waals surface area contributed by atoms with Gasteiger partial charge in [0.15, 0.2) is 11.5 Å². The van der Waals surface area contributed by atoms with Crippen molar-refractivity contribution in [3.8, 4) is 11.5 Å². The van der Waals surface area contributed by atoms with Crippen LogP contribution in [0.4, 0.5) is 5.69 Å². The number of ether oxygens (including phenoxy) is 2. The van der Waals surface area contributed by atoms with Crippen LogP contribution in [0, 0.1) is 0 Å². The van der Waals surface area contributed by atoms with Gasteiger partial charge in [0.1, 0.15) is 0 Å². The molecule has 0 aliphatic carbocycles. The zero-order chi connectivity index (χ0) is 15.6. The highest BCUT2D eigenvalue weighted by molar-refractivity contribution is 5.94. The van der Waals surface area contributed by atoms with Gasteiger partial charge in [-0.3, -0.25) is 4.79 Å². The summed E-state index contributed by atoms with van der Waals surface area (Å²) in [7, 11) is 0. The maximum absolute atomic E-state index is 12.6. The van der Waals surface area contributed by atoms with Crippen LogP contribution >= 0.6 is 0 Å². The molecule has 0 saturated heterocycles. The van der Waals surface area contributed by atoms with E-state index in [1.165, 1.54) is 5.56 Å². The van der Waals surface area contributed by atoms with Gasteiger partial charge in [-0.25, -0.2) is 0 Å². The van der Waals surface area contributed by atoms with Crippen molar-refractivity contribution in [2.45, 2.75) is 25.7 Å². The normalized spacial score (nSPS) is 15.4. The number of benzene rings is 2. The van der Waals surface area contributed by atoms with Gasteiger partial charge in [-0.1, -0.05) is 24.3 Å². The van der Waals surface area contributed by atoms with Crippen LogP contribution in [0.1, 0.15) is 24.0 Å². The predicted molar refractivity (Wildman–Crippen MR) is 88.0 cm³/mol. The lowest BCUT2D eigenvalue weighted by Gasteiger charge is -2.29. The minimum atomic E-state index is 0.190. The molecule has 2 aliphatic rings. The number of aryl methyl sites for hydroxylation is 2. The third-order valence-electron chi connectivity index (χ3n) is 4.48. The summed E-state index contributed by atoms with van der Waals surface area (Å²) in [5.74, 6) is 1.75.